The molecule has 1 N–H and O–H groups in total. The second-order valence-corrected chi connectivity index (χ2v) is 8.23. The van der Waals surface area contributed by atoms with Crippen molar-refractivity contribution in [1.29, 1.82) is 5.26 Å². The number of nitrogens with one attached hydrogen (secondary N) is 1. The maximum Gasteiger partial charge on any atom is 0.299 e. The standard InChI is InChI=1S/C22H25IN6O3/c1-4-9-28(10-5-2)17-7-8-18(19(13-17)25-21(30)6-3)26-27-22-15(14-24)11-16(23)12-20(22)29(31)32/h7-8,11-13H,4-6,9-10H2,1-3H3,(H,25,30)/b27-26+. The molecule has 0 aliphatic rings. The summed E-state index contributed by atoms with van der Waals surface area (Å²) in [5.41, 5.74) is 1.39. The van der Waals surface area contributed by atoms with E-state index in [1.165, 1.54) is 12.1 Å². The zero-order valence-electron chi connectivity index (χ0n) is 18.3. The average molecular weight is 548 g/mol. The fraction of sp³-hybridized carbons (Fsp3) is 0.364. The van der Waals surface area contributed by atoms with E-state index >= 15 is 0 Å². The first kappa shape index (κ1) is 25.2. The van der Waals surface area contributed by atoms with Crippen LogP contribution in [0.15, 0.2) is 40.6 Å². The van der Waals surface area contributed by atoms with Gasteiger partial charge in [0.05, 0.1) is 16.2 Å². The van der Waals surface area contributed by atoms with Gasteiger partial charge in [0.15, 0.2) is 5.69 Å². The Kier molecular flexibility index (Phi) is 9.52. The van der Waals surface area contributed by atoms with Crippen molar-refractivity contribution in [2.75, 3.05) is 23.3 Å². The Balaban J connectivity index is 2.55. The molecule has 168 valence electrons. The number of amides is 1. The first-order valence-electron chi connectivity index (χ1n) is 10.3. The molecule has 10 heteroatoms. The molecule has 2 aromatic rings. The zero-order valence-corrected chi connectivity index (χ0v) is 20.4. The summed E-state index contributed by atoms with van der Waals surface area (Å²) in [4.78, 5) is 25.2. The number of anilines is 2. The molecule has 0 aliphatic carbocycles. The second-order valence-electron chi connectivity index (χ2n) is 6.98. The number of hydrogen-bond donors (Lipinski definition) is 1. The third-order valence-corrected chi connectivity index (χ3v) is 5.18. The minimum absolute atomic E-state index is 0.0557. The minimum Gasteiger partial charge on any atom is -0.371 e. The first-order chi connectivity index (χ1) is 15.3. The van der Waals surface area contributed by atoms with Crippen LogP contribution in [-0.4, -0.2) is 23.9 Å². The molecule has 0 heterocycles. The van der Waals surface area contributed by atoms with Crippen LogP contribution in [0.4, 0.5) is 28.4 Å². The van der Waals surface area contributed by atoms with Gasteiger partial charge in [-0.05, 0) is 59.7 Å². The quantitative estimate of drug-likeness (QED) is 0.158. The molecule has 2 rings (SSSR count). The molecule has 0 atom stereocenters. The summed E-state index contributed by atoms with van der Waals surface area (Å²) in [5.74, 6) is -0.186. The lowest BCUT2D eigenvalue weighted by Gasteiger charge is -2.24. The smallest absolute Gasteiger partial charge is 0.299 e. The van der Waals surface area contributed by atoms with Crippen molar-refractivity contribution < 1.29 is 9.72 Å². The monoisotopic (exact) mass is 548 g/mol. The third-order valence-electron chi connectivity index (χ3n) is 4.56. The van der Waals surface area contributed by atoms with E-state index < -0.39 is 4.92 Å². The molecule has 2 aromatic carbocycles. The number of nitriles is 1. The Morgan fingerprint density at radius 2 is 1.88 bits per heavy atom. The molecular weight excluding hydrogens is 523 g/mol. The number of halogens is 1. The highest BCUT2D eigenvalue weighted by molar-refractivity contribution is 14.1. The lowest BCUT2D eigenvalue weighted by molar-refractivity contribution is -0.384. The molecular formula is C22H25IN6O3. The Morgan fingerprint density at radius 3 is 2.44 bits per heavy atom. The first-order valence-corrected chi connectivity index (χ1v) is 11.4. The van der Waals surface area contributed by atoms with Gasteiger partial charge in [0.25, 0.3) is 5.69 Å². The third kappa shape index (κ3) is 6.46. The van der Waals surface area contributed by atoms with E-state index in [1.807, 2.05) is 40.8 Å². The Labute approximate surface area is 200 Å². The second kappa shape index (κ2) is 12.1. The predicted molar refractivity (Wildman–Crippen MR) is 133 cm³/mol. The lowest BCUT2D eigenvalue weighted by Crippen LogP contribution is -2.25. The van der Waals surface area contributed by atoms with E-state index in [2.05, 4.69) is 34.3 Å². The molecule has 0 radical (unpaired) electrons. The zero-order chi connectivity index (χ0) is 23.7. The predicted octanol–water partition coefficient (Wildman–Crippen LogP) is 6.46. The van der Waals surface area contributed by atoms with E-state index in [4.69, 9.17) is 0 Å². The number of nitro benzene ring substituents is 1. The van der Waals surface area contributed by atoms with Gasteiger partial charge in [-0.1, -0.05) is 20.8 Å². The van der Waals surface area contributed by atoms with E-state index in [0.29, 0.717) is 14.9 Å². The highest BCUT2D eigenvalue weighted by Crippen LogP contribution is 2.37. The largest absolute Gasteiger partial charge is 0.371 e. The summed E-state index contributed by atoms with van der Waals surface area (Å²) >= 11 is 1.91. The van der Waals surface area contributed by atoms with E-state index in [1.54, 1.807) is 13.0 Å². The van der Waals surface area contributed by atoms with Crippen molar-refractivity contribution in [2.45, 2.75) is 40.0 Å². The maximum atomic E-state index is 12.1. The van der Waals surface area contributed by atoms with Crippen LogP contribution in [0.2, 0.25) is 0 Å². The number of hydrogen-bond acceptors (Lipinski definition) is 7. The molecule has 32 heavy (non-hydrogen) atoms. The van der Waals surface area contributed by atoms with Crippen molar-refractivity contribution in [3.8, 4) is 6.07 Å². The summed E-state index contributed by atoms with van der Waals surface area (Å²) < 4.78 is 0.553. The van der Waals surface area contributed by atoms with Gasteiger partial charge in [-0.15, -0.1) is 10.2 Å². The SMILES string of the molecule is CCCN(CCC)c1ccc(/N=N/c2c(C#N)cc(I)cc2[N+](=O)[O-])c(NC(=O)CC)c1. The van der Waals surface area contributed by atoms with Crippen LogP contribution in [0.1, 0.15) is 45.6 Å². The molecule has 0 fully saturated rings. The number of carbonyl (C=O) groups is 1. The van der Waals surface area contributed by atoms with Gasteiger partial charge in [-0.2, -0.15) is 5.26 Å². The highest BCUT2D eigenvalue weighted by Gasteiger charge is 2.20. The number of azo groups is 1. The van der Waals surface area contributed by atoms with Crippen molar-refractivity contribution in [1.82, 2.24) is 0 Å². The van der Waals surface area contributed by atoms with Crippen LogP contribution >= 0.6 is 22.6 Å². The van der Waals surface area contributed by atoms with Crippen molar-refractivity contribution >= 4 is 56.9 Å². The number of carbonyl (C=O) groups excluding carboxylic acids is 1. The van der Waals surface area contributed by atoms with Gasteiger partial charge >= 0.3 is 0 Å². The summed E-state index contributed by atoms with van der Waals surface area (Å²) in [6.45, 7) is 7.69. The molecule has 0 aliphatic heterocycles. The van der Waals surface area contributed by atoms with Gasteiger partial charge in [-0.25, -0.2) is 0 Å². The Morgan fingerprint density at radius 1 is 1.19 bits per heavy atom. The molecule has 0 spiro atoms. The number of benzene rings is 2. The number of rotatable bonds is 10. The maximum absolute atomic E-state index is 12.1. The molecule has 0 unspecified atom stereocenters. The van der Waals surface area contributed by atoms with Crippen molar-refractivity contribution in [2.24, 2.45) is 10.2 Å². The number of nitro groups is 1. The highest BCUT2D eigenvalue weighted by atomic mass is 127. The van der Waals surface area contributed by atoms with Crippen LogP contribution < -0.4 is 10.2 Å². The summed E-state index contributed by atoms with van der Waals surface area (Å²) in [7, 11) is 0. The Hall–Kier alpha value is -3.07. The van der Waals surface area contributed by atoms with Crippen LogP contribution in [0.3, 0.4) is 0 Å². The lowest BCUT2D eigenvalue weighted by atomic mass is 10.1. The van der Waals surface area contributed by atoms with Crippen LogP contribution in [-0.2, 0) is 4.79 Å². The number of nitrogens with zero attached hydrogens (tertiary/aromatic N) is 5. The van der Waals surface area contributed by atoms with Crippen LogP contribution in [0.25, 0.3) is 0 Å². The molecule has 0 saturated carbocycles. The molecule has 0 saturated heterocycles. The summed E-state index contributed by atoms with van der Waals surface area (Å²) in [6, 6.07) is 10.2. The molecule has 0 bridgehead atoms. The fourth-order valence-corrected chi connectivity index (χ4v) is 3.68. The van der Waals surface area contributed by atoms with Crippen LogP contribution in [0.5, 0.6) is 0 Å². The van der Waals surface area contributed by atoms with Gasteiger partial charge < -0.3 is 10.2 Å². The fourth-order valence-electron chi connectivity index (χ4n) is 3.07. The molecule has 9 nitrogen and oxygen atoms in total. The van der Waals surface area contributed by atoms with Gasteiger partial charge in [0.2, 0.25) is 5.91 Å². The molecule has 0 aromatic heterocycles. The minimum atomic E-state index is -0.590. The topological polar surface area (TPSA) is 124 Å². The molecule has 1 amide bonds. The van der Waals surface area contributed by atoms with Gasteiger partial charge in [-0.3, -0.25) is 14.9 Å². The van der Waals surface area contributed by atoms with Crippen LogP contribution in [0, 0.1) is 25.0 Å². The normalized spacial score (nSPS) is 10.7. The van der Waals surface area contributed by atoms with Gasteiger partial charge in [0, 0.05) is 34.8 Å². The van der Waals surface area contributed by atoms with Gasteiger partial charge in [0.1, 0.15) is 11.8 Å². The van der Waals surface area contributed by atoms with Crippen molar-refractivity contribution in [3.05, 3.63) is 49.6 Å². The summed E-state index contributed by atoms with van der Waals surface area (Å²) in [6.07, 6.45) is 2.24. The van der Waals surface area contributed by atoms with E-state index in [0.717, 1.165) is 31.6 Å². The van der Waals surface area contributed by atoms with E-state index in [9.17, 15) is 20.2 Å². The van der Waals surface area contributed by atoms with E-state index in [-0.39, 0.29) is 29.3 Å². The Bertz CT molecular complexity index is 1060. The van der Waals surface area contributed by atoms with Crippen molar-refractivity contribution in [3.63, 3.8) is 0 Å². The summed E-state index contributed by atoms with van der Waals surface area (Å²) in [5, 5.41) is 31.9. The average Bonchev–Trinajstić information content (AvgIpc) is 2.77.